The van der Waals surface area contributed by atoms with E-state index in [2.05, 4.69) is 15.3 Å². The zero-order valence-electron chi connectivity index (χ0n) is 22.3. The molecule has 0 unspecified atom stereocenters. The molecule has 4 rings (SSSR count). The van der Waals surface area contributed by atoms with Gasteiger partial charge in [0.25, 0.3) is 0 Å². The van der Waals surface area contributed by atoms with Crippen LogP contribution >= 0.6 is 0 Å². The van der Waals surface area contributed by atoms with Gasteiger partial charge in [-0.05, 0) is 63.1 Å². The summed E-state index contributed by atoms with van der Waals surface area (Å²) in [5.41, 5.74) is 0.274. The molecule has 1 fully saturated rings. The Morgan fingerprint density at radius 2 is 1.34 bits per heavy atom. The number of ketones is 2. The largest absolute Gasteiger partial charge is 0.436 e. The molecule has 0 spiro atoms. The van der Waals surface area contributed by atoms with Crippen LogP contribution in [-0.2, 0) is 9.68 Å². The Labute approximate surface area is 234 Å². The van der Waals surface area contributed by atoms with Crippen LogP contribution in [0.2, 0.25) is 0 Å². The molecule has 0 bridgehead atoms. The van der Waals surface area contributed by atoms with Crippen LogP contribution in [0.1, 0.15) is 47.4 Å². The Kier molecular flexibility index (Phi) is 8.69. The van der Waals surface area contributed by atoms with Crippen LogP contribution in [0.4, 0.5) is 9.59 Å². The second-order valence-electron chi connectivity index (χ2n) is 8.99. The number of carbonyl (C=O) groups is 4. The van der Waals surface area contributed by atoms with Crippen molar-refractivity contribution in [3.63, 3.8) is 0 Å². The van der Waals surface area contributed by atoms with Crippen LogP contribution in [0.15, 0.2) is 46.7 Å². The minimum absolute atomic E-state index is 0.0995. The van der Waals surface area contributed by atoms with Crippen LogP contribution in [0.3, 0.4) is 0 Å². The smallest absolute Gasteiger partial charge is 0.355 e. The number of nitrogens with one attached hydrogen (secondary N) is 1. The number of aromatic amines is 1. The molecular weight excluding hydrogens is 530 g/mol. The van der Waals surface area contributed by atoms with Gasteiger partial charge < -0.3 is 14.8 Å². The second kappa shape index (κ2) is 12.5. The van der Waals surface area contributed by atoms with Crippen LogP contribution in [-0.4, -0.2) is 76.1 Å². The maximum absolute atomic E-state index is 13.0. The fourth-order valence-electron chi connectivity index (χ4n) is 4.34. The molecule has 13 nitrogen and oxygen atoms in total. The maximum atomic E-state index is 13.0. The lowest BCUT2D eigenvalue weighted by Crippen LogP contribution is -2.30. The Balaban J connectivity index is 1.61. The summed E-state index contributed by atoms with van der Waals surface area (Å²) in [6.07, 6.45) is 0.173. The van der Waals surface area contributed by atoms with E-state index in [0.717, 1.165) is 12.8 Å². The summed E-state index contributed by atoms with van der Waals surface area (Å²) in [4.78, 5) is 65.7. The highest BCUT2D eigenvalue weighted by atomic mass is 16.7. The quantitative estimate of drug-likeness (QED) is 0.186. The lowest BCUT2D eigenvalue weighted by Gasteiger charge is -2.15. The predicted molar refractivity (Wildman–Crippen MR) is 147 cm³/mol. The number of aromatic nitrogens is 1. The SMILES string of the molecule is CCN(CC)C(=O)O/N=C(\C#N)C(=O)c1ccc2[nH]c3ccc(C(=O)/C(C#N)=N/OC(=O)N4CCCC4)cc3c2c1. The van der Waals surface area contributed by atoms with E-state index in [1.165, 1.54) is 34.1 Å². The number of oxime groups is 2. The third kappa shape index (κ3) is 6.04. The van der Waals surface area contributed by atoms with Gasteiger partial charge in [-0.2, -0.15) is 10.5 Å². The first kappa shape index (κ1) is 28.4. The zero-order valence-corrected chi connectivity index (χ0v) is 22.3. The monoisotopic (exact) mass is 555 g/mol. The molecule has 0 atom stereocenters. The van der Waals surface area contributed by atoms with Gasteiger partial charge in [-0.1, -0.05) is 10.3 Å². The first-order valence-corrected chi connectivity index (χ1v) is 12.8. The van der Waals surface area contributed by atoms with E-state index in [1.54, 1.807) is 38.1 Å². The molecule has 0 saturated carbocycles. The van der Waals surface area contributed by atoms with E-state index in [-0.39, 0.29) is 11.1 Å². The summed E-state index contributed by atoms with van der Waals surface area (Å²) in [7, 11) is 0. The average Bonchev–Trinajstić information content (AvgIpc) is 3.66. The number of likely N-dealkylation sites (tertiary alicyclic amines) is 1. The van der Waals surface area contributed by atoms with E-state index in [1.807, 2.05) is 0 Å². The average molecular weight is 556 g/mol. The van der Waals surface area contributed by atoms with Crippen LogP contribution in [0.25, 0.3) is 21.8 Å². The third-order valence-corrected chi connectivity index (χ3v) is 6.58. The van der Waals surface area contributed by atoms with Gasteiger partial charge >= 0.3 is 12.2 Å². The molecule has 0 radical (unpaired) electrons. The number of hydrogen-bond donors (Lipinski definition) is 1. The second-order valence-corrected chi connectivity index (χ2v) is 8.99. The highest BCUT2D eigenvalue weighted by Crippen LogP contribution is 2.28. The minimum atomic E-state index is -0.786. The van der Waals surface area contributed by atoms with Gasteiger partial charge in [0, 0.05) is 59.1 Å². The molecule has 3 aromatic rings. The summed E-state index contributed by atoms with van der Waals surface area (Å²) in [5.74, 6) is -1.51. The molecule has 2 heterocycles. The fourth-order valence-corrected chi connectivity index (χ4v) is 4.34. The van der Waals surface area contributed by atoms with Crippen molar-refractivity contribution in [2.24, 2.45) is 10.3 Å². The number of rotatable bonds is 8. The summed E-state index contributed by atoms with van der Waals surface area (Å²) in [6, 6.07) is 12.6. The van der Waals surface area contributed by atoms with E-state index in [4.69, 9.17) is 9.68 Å². The van der Waals surface area contributed by atoms with E-state index in [9.17, 15) is 29.7 Å². The van der Waals surface area contributed by atoms with Gasteiger partial charge in [-0.25, -0.2) is 9.59 Å². The summed E-state index contributed by atoms with van der Waals surface area (Å²) in [6.45, 7) is 5.28. The molecule has 2 amide bonds. The number of nitriles is 2. The standard InChI is InChI=1S/C28H25N7O6/c1-3-34(4-2)27(38)40-32-23(15-29)25(36)17-7-9-21-19(13-17)20-14-18(8-10-22(20)31-21)26(37)24(16-30)33-41-28(39)35-11-5-6-12-35/h7-10,13-14,31H,3-6,11-12H2,1-2H3/b32-23+,33-24+. The zero-order chi connectivity index (χ0) is 29.5. The van der Waals surface area contributed by atoms with Gasteiger partial charge in [-0.3, -0.25) is 19.3 Å². The van der Waals surface area contributed by atoms with Crippen molar-refractivity contribution < 1.29 is 28.9 Å². The highest BCUT2D eigenvalue weighted by molar-refractivity contribution is 6.52. The van der Waals surface area contributed by atoms with Crippen molar-refractivity contribution in [1.82, 2.24) is 14.8 Å². The summed E-state index contributed by atoms with van der Waals surface area (Å²) in [5, 5.41) is 27.0. The number of amides is 2. The molecule has 1 N–H and O–H groups in total. The Morgan fingerprint density at radius 3 is 1.80 bits per heavy atom. The molecule has 41 heavy (non-hydrogen) atoms. The number of fused-ring (bicyclic) bond motifs is 3. The summed E-state index contributed by atoms with van der Waals surface area (Å²) >= 11 is 0. The molecule has 1 aromatic heterocycles. The number of Topliss-reactive ketones (excluding diaryl/α,β-unsaturated/α-hetero) is 2. The van der Waals surface area contributed by atoms with E-state index >= 15 is 0 Å². The molecule has 13 heteroatoms. The number of H-pyrrole nitrogens is 1. The van der Waals surface area contributed by atoms with Crippen molar-refractivity contribution in [3.05, 3.63) is 47.5 Å². The van der Waals surface area contributed by atoms with E-state index < -0.39 is 35.2 Å². The third-order valence-electron chi connectivity index (χ3n) is 6.58. The van der Waals surface area contributed by atoms with Gasteiger partial charge in [0.1, 0.15) is 12.1 Å². The van der Waals surface area contributed by atoms with Crippen molar-refractivity contribution in [2.75, 3.05) is 26.2 Å². The van der Waals surface area contributed by atoms with Crippen molar-refractivity contribution in [1.29, 1.82) is 10.5 Å². The fraction of sp³-hybridized carbons (Fsp3) is 0.286. The highest BCUT2D eigenvalue weighted by Gasteiger charge is 2.23. The first-order chi connectivity index (χ1) is 19.8. The number of nitrogens with zero attached hydrogens (tertiary/aromatic N) is 6. The molecular formula is C28H25N7O6. The normalized spacial score (nSPS) is 13.5. The Bertz CT molecular complexity index is 1570. The number of carbonyl (C=O) groups excluding carboxylic acids is 4. The van der Waals surface area contributed by atoms with Gasteiger partial charge in [0.05, 0.1) is 0 Å². The van der Waals surface area contributed by atoms with E-state index in [0.29, 0.717) is 48.0 Å². The first-order valence-electron chi connectivity index (χ1n) is 12.8. The lowest BCUT2D eigenvalue weighted by atomic mass is 10.0. The molecule has 1 aliphatic rings. The van der Waals surface area contributed by atoms with Crippen LogP contribution < -0.4 is 0 Å². The van der Waals surface area contributed by atoms with Gasteiger partial charge in [-0.15, -0.1) is 0 Å². The molecule has 1 saturated heterocycles. The van der Waals surface area contributed by atoms with Gasteiger partial charge in [0.15, 0.2) is 0 Å². The summed E-state index contributed by atoms with van der Waals surface area (Å²) < 4.78 is 0. The number of benzene rings is 2. The Hall–Kier alpha value is -5.56. The van der Waals surface area contributed by atoms with Crippen LogP contribution in [0.5, 0.6) is 0 Å². The molecule has 2 aromatic carbocycles. The Morgan fingerprint density at radius 1 is 0.854 bits per heavy atom. The van der Waals surface area contributed by atoms with Gasteiger partial charge in [0.2, 0.25) is 23.0 Å². The molecule has 208 valence electrons. The number of hydrogen-bond acceptors (Lipinski definition) is 10. The minimum Gasteiger partial charge on any atom is -0.355 e. The van der Waals surface area contributed by atoms with Crippen LogP contribution in [0, 0.1) is 22.7 Å². The molecule has 0 aliphatic carbocycles. The van der Waals surface area contributed by atoms with Crippen molar-refractivity contribution in [3.8, 4) is 12.1 Å². The topological polar surface area (TPSA) is 181 Å². The lowest BCUT2D eigenvalue weighted by molar-refractivity contribution is 0.102. The maximum Gasteiger partial charge on any atom is 0.436 e. The molecule has 1 aliphatic heterocycles. The van der Waals surface area contributed by atoms with Crippen molar-refractivity contribution >= 4 is 57.0 Å². The predicted octanol–water partition coefficient (Wildman–Crippen LogP) is 4.16. The van der Waals surface area contributed by atoms with Crippen molar-refractivity contribution in [2.45, 2.75) is 26.7 Å².